The van der Waals surface area contributed by atoms with Gasteiger partial charge in [0.15, 0.2) is 0 Å². The van der Waals surface area contributed by atoms with Crippen LogP contribution in [0.3, 0.4) is 0 Å². The molecule has 0 aliphatic heterocycles. The quantitative estimate of drug-likeness (QED) is 0.818. The van der Waals surface area contributed by atoms with Crippen LogP contribution in [0.1, 0.15) is 30.1 Å². The van der Waals surface area contributed by atoms with E-state index >= 15 is 0 Å². The van der Waals surface area contributed by atoms with E-state index in [1.807, 2.05) is 0 Å². The van der Waals surface area contributed by atoms with Crippen LogP contribution >= 0.6 is 11.6 Å². The molecule has 0 aromatic heterocycles. The normalized spacial score (nSPS) is 20.1. The van der Waals surface area contributed by atoms with Crippen molar-refractivity contribution in [3.05, 3.63) is 34.1 Å². The largest absolute Gasteiger partial charge is 0.386 e. The molecule has 2 nitrogen and oxygen atoms in total. The van der Waals surface area contributed by atoms with Gasteiger partial charge >= 0.3 is 0 Å². The molecular formula is C11H13ClFNO. The van der Waals surface area contributed by atoms with Gasteiger partial charge in [-0.2, -0.15) is 0 Å². The van der Waals surface area contributed by atoms with Gasteiger partial charge in [0.25, 0.3) is 0 Å². The van der Waals surface area contributed by atoms with E-state index in [4.69, 9.17) is 17.3 Å². The first-order valence-corrected chi connectivity index (χ1v) is 5.24. The van der Waals surface area contributed by atoms with E-state index < -0.39 is 11.6 Å². The van der Waals surface area contributed by atoms with Crippen molar-refractivity contribution in [1.29, 1.82) is 0 Å². The van der Waals surface area contributed by atoms with E-state index in [0.717, 1.165) is 12.8 Å². The van der Waals surface area contributed by atoms with Gasteiger partial charge in [0.2, 0.25) is 0 Å². The van der Waals surface area contributed by atoms with Crippen LogP contribution in [0.5, 0.6) is 0 Å². The molecule has 0 saturated heterocycles. The highest BCUT2D eigenvalue weighted by Gasteiger charge is 2.46. The lowest BCUT2D eigenvalue weighted by atomic mass is 9.99. The van der Waals surface area contributed by atoms with Crippen LogP contribution in [0.2, 0.25) is 5.02 Å². The molecule has 1 fully saturated rings. The van der Waals surface area contributed by atoms with E-state index in [9.17, 15) is 9.50 Å². The van der Waals surface area contributed by atoms with Crippen LogP contribution in [0.25, 0.3) is 0 Å². The topological polar surface area (TPSA) is 46.2 Å². The average Bonchev–Trinajstić information content (AvgIpc) is 2.90. The zero-order valence-electron chi connectivity index (χ0n) is 8.43. The molecule has 1 saturated carbocycles. The fourth-order valence-electron chi connectivity index (χ4n) is 1.60. The summed E-state index contributed by atoms with van der Waals surface area (Å²) in [4.78, 5) is 0. The van der Waals surface area contributed by atoms with Crippen LogP contribution in [-0.4, -0.2) is 10.6 Å². The number of hydrogen-bond donors (Lipinski definition) is 2. The molecule has 1 aliphatic carbocycles. The maximum atomic E-state index is 13.3. The van der Waals surface area contributed by atoms with Crippen LogP contribution in [0, 0.1) is 12.7 Å². The van der Waals surface area contributed by atoms with Crippen molar-refractivity contribution < 1.29 is 9.50 Å². The molecule has 1 aromatic rings. The molecule has 0 bridgehead atoms. The van der Waals surface area contributed by atoms with Crippen LogP contribution in [-0.2, 0) is 0 Å². The van der Waals surface area contributed by atoms with Crippen molar-refractivity contribution in [3.8, 4) is 0 Å². The van der Waals surface area contributed by atoms with Gasteiger partial charge < -0.3 is 10.8 Å². The summed E-state index contributed by atoms with van der Waals surface area (Å²) < 4.78 is 13.3. The molecule has 82 valence electrons. The van der Waals surface area contributed by atoms with Crippen molar-refractivity contribution in [3.63, 3.8) is 0 Å². The monoisotopic (exact) mass is 229 g/mol. The van der Waals surface area contributed by atoms with Crippen LogP contribution in [0.4, 0.5) is 4.39 Å². The number of aryl methyl sites for hydroxylation is 1. The molecule has 1 aromatic carbocycles. The Morgan fingerprint density at radius 1 is 1.53 bits per heavy atom. The number of halogens is 2. The first-order valence-electron chi connectivity index (χ1n) is 4.86. The Morgan fingerprint density at radius 3 is 2.67 bits per heavy atom. The summed E-state index contributed by atoms with van der Waals surface area (Å²) in [5, 5.41) is 10.3. The number of rotatable bonds is 2. The third-order valence-electron chi connectivity index (χ3n) is 2.94. The zero-order chi connectivity index (χ0) is 11.2. The predicted octanol–water partition coefficient (Wildman–Crippen LogP) is 2.31. The van der Waals surface area contributed by atoms with Crippen LogP contribution in [0.15, 0.2) is 12.1 Å². The third-order valence-corrected chi connectivity index (χ3v) is 3.27. The van der Waals surface area contributed by atoms with Gasteiger partial charge in [-0.25, -0.2) is 4.39 Å². The summed E-state index contributed by atoms with van der Waals surface area (Å²) >= 11 is 5.95. The second-order valence-electron chi connectivity index (χ2n) is 4.26. The molecule has 3 N–H and O–H groups in total. The van der Waals surface area contributed by atoms with Gasteiger partial charge in [0.1, 0.15) is 5.82 Å². The molecule has 4 heteroatoms. The Morgan fingerprint density at radius 2 is 2.13 bits per heavy atom. The first kappa shape index (κ1) is 10.9. The molecule has 1 atom stereocenters. The second kappa shape index (κ2) is 3.44. The summed E-state index contributed by atoms with van der Waals surface area (Å²) in [5.41, 5.74) is 6.10. The number of benzene rings is 1. The Labute approximate surface area is 92.9 Å². The van der Waals surface area contributed by atoms with Crippen molar-refractivity contribution in [2.75, 3.05) is 0 Å². The fraction of sp³-hybridized carbons (Fsp3) is 0.455. The Hall–Kier alpha value is -0.640. The minimum absolute atomic E-state index is 0.363. The van der Waals surface area contributed by atoms with Crippen molar-refractivity contribution in [2.45, 2.75) is 31.4 Å². The van der Waals surface area contributed by atoms with E-state index in [0.29, 0.717) is 16.1 Å². The first-order chi connectivity index (χ1) is 6.94. The number of hydrogen-bond acceptors (Lipinski definition) is 2. The molecule has 0 amide bonds. The van der Waals surface area contributed by atoms with E-state index in [2.05, 4.69) is 0 Å². The van der Waals surface area contributed by atoms with Crippen molar-refractivity contribution in [1.82, 2.24) is 0 Å². The second-order valence-corrected chi connectivity index (χ2v) is 4.67. The summed E-state index contributed by atoms with van der Waals surface area (Å²) in [5.74, 6) is -0.363. The molecular weight excluding hydrogens is 217 g/mol. The van der Waals surface area contributed by atoms with Crippen molar-refractivity contribution in [2.24, 2.45) is 5.73 Å². The third kappa shape index (κ3) is 1.87. The molecule has 0 spiro atoms. The summed E-state index contributed by atoms with van der Waals surface area (Å²) in [6.45, 7) is 1.63. The molecule has 0 radical (unpaired) electrons. The fourth-order valence-corrected chi connectivity index (χ4v) is 1.92. The average molecular weight is 230 g/mol. The highest BCUT2D eigenvalue weighted by Crippen LogP contribution is 2.45. The van der Waals surface area contributed by atoms with Crippen molar-refractivity contribution >= 4 is 11.6 Å². The van der Waals surface area contributed by atoms with Gasteiger partial charge in [0.05, 0.1) is 6.10 Å². The van der Waals surface area contributed by atoms with E-state index in [1.165, 1.54) is 12.1 Å². The SMILES string of the molecule is Cc1cc(Cl)c(C(O)C2(N)CC2)cc1F. The highest BCUT2D eigenvalue weighted by molar-refractivity contribution is 6.31. The molecule has 1 unspecified atom stereocenters. The molecule has 15 heavy (non-hydrogen) atoms. The van der Waals surface area contributed by atoms with E-state index in [-0.39, 0.29) is 5.82 Å². The lowest BCUT2D eigenvalue weighted by Crippen LogP contribution is -2.30. The number of aliphatic hydroxyl groups excluding tert-OH is 1. The standard InChI is InChI=1S/C11H13ClFNO/c1-6-4-8(12)7(5-9(6)13)10(15)11(14)2-3-11/h4-5,10,15H,2-3,14H2,1H3. The lowest BCUT2D eigenvalue weighted by Gasteiger charge is -2.19. The number of aliphatic hydroxyl groups is 1. The molecule has 1 aliphatic rings. The van der Waals surface area contributed by atoms with Gasteiger partial charge in [-0.15, -0.1) is 0 Å². The Kier molecular flexibility index (Phi) is 2.49. The minimum atomic E-state index is -0.875. The zero-order valence-corrected chi connectivity index (χ0v) is 9.18. The summed E-state index contributed by atoms with van der Waals surface area (Å²) in [6, 6.07) is 2.79. The smallest absolute Gasteiger partial charge is 0.126 e. The van der Waals surface area contributed by atoms with Gasteiger partial charge in [0, 0.05) is 16.1 Å². The van der Waals surface area contributed by atoms with Gasteiger partial charge in [-0.3, -0.25) is 0 Å². The maximum Gasteiger partial charge on any atom is 0.126 e. The van der Waals surface area contributed by atoms with E-state index in [1.54, 1.807) is 6.92 Å². The highest BCUT2D eigenvalue weighted by atomic mass is 35.5. The predicted molar refractivity (Wildman–Crippen MR) is 57.3 cm³/mol. The summed E-state index contributed by atoms with van der Waals surface area (Å²) in [7, 11) is 0. The molecule has 0 heterocycles. The summed E-state index contributed by atoms with van der Waals surface area (Å²) in [6.07, 6.45) is 0.625. The lowest BCUT2D eigenvalue weighted by molar-refractivity contribution is 0.136. The Bertz CT molecular complexity index is 404. The maximum absolute atomic E-state index is 13.3. The van der Waals surface area contributed by atoms with Gasteiger partial charge in [-0.05, 0) is 37.5 Å². The van der Waals surface area contributed by atoms with Gasteiger partial charge in [-0.1, -0.05) is 11.6 Å². The molecule has 2 rings (SSSR count). The Balaban J connectivity index is 2.39. The van der Waals surface area contributed by atoms with Crippen LogP contribution < -0.4 is 5.73 Å². The minimum Gasteiger partial charge on any atom is -0.386 e. The number of nitrogens with two attached hydrogens (primary N) is 1.